The lowest BCUT2D eigenvalue weighted by molar-refractivity contribution is 0.149. The van der Waals surface area contributed by atoms with Gasteiger partial charge in [0.05, 0.1) is 11.6 Å². The van der Waals surface area contributed by atoms with Gasteiger partial charge in [-0.1, -0.05) is 31.1 Å². The van der Waals surface area contributed by atoms with Crippen LogP contribution in [0.15, 0.2) is 35.0 Å². The molecular weight excluding hydrogens is 387 g/mol. The van der Waals surface area contributed by atoms with Gasteiger partial charge in [-0.15, -0.1) is 0 Å². The number of hydrogen-bond acceptors (Lipinski definition) is 7. The van der Waals surface area contributed by atoms with Crippen molar-refractivity contribution in [2.24, 2.45) is 0 Å². The molecule has 4 heterocycles. The molecule has 0 atom stereocenters. The van der Waals surface area contributed by atoms with E-state index in [0.717, 1.165) is 36.9 Å². The Labute approximate surface area is 172 Å². The van der Waals surface area contributed by atoms with Crippen molar-refractivity contribution in [1.82, 2.24) is 25.1 Å². The third-order valence-electron chi connectivity index (χ3n) is 5.39. The van der Waals surface area contributed by atoms with Gasteiger partial charge in [0.15, 0.2) is 22.9 Å². The molecule has 8 nitrogen and oxygen atoms in total. The number of para-hydroxylation sites is 1. The van der Waals surface area contributed by atoms with Crippen LogP contribution in [0.3, 0.4) is 0 Å². The van der Waals surface area contributed by atoms with Gasteiger partial charge >= 0.3 is 0 Å². The molecule has 0 aliphatic carbocycles. The average molecular weight is 410 g/mol. The molecule has 1 aliphatic rings. The van der Waals surface area contributed by atoms with Crippen molar-refractivity contribution in [2.75, 3.05) is 18.4 Å². The number of aromatic nitrogens is 4. The summed E-state index contributed by atoms with van der Waals surface area (Å²) in [6, 6.07) is 7.40. The lowest BCUT2D eigenvalue weighted by Gasteiger charge is -2.24. The van der Waals surface area contributed by atoms with Crippen LogP contribution in [0.25, 0.3) is 16.6 Å². The standard InChI is InChI=1S/C21H23FN6O2/c1-12(2)15-11-24-28-19(15)26-21(29-13-7-9-23-10-8-13)17(22)20(28)25-18-14-5-3-4-6-16(14)30-27-18/h3-6,11-13,23H,7-10H2,1-2H3,(H,25,27). The Morgan fingerprint density at radius 3 is 2.87 bits per heavy atom. The third kappa shape index (κ3) is 3.24. The van der Waals surface area contributed by atoms with Crippen LogP contribution in [-0.4, -0.2) is 38.9 Å². The highest BCUT2D eigenvalue weighted by molar-refractivity contribution is 5.89. The topological polar surface area (TPSA) is 89.5 Å². The maximum atomic E-state index is 15.6. The largest absolute Gasteiger partial charge is 0.472 e. The summed E-state index contributed by atoms with van der Waals surface area (Å²) in [6.07, 6.45) is 3.24. The van der Waals surface area contributed by atoms with Gasteiger partial charge < -0.3 is 19.9 Å². The van der Waals surface area contributed by atoms with Gasteiger partial charge in [-0.2, -0.15) is 19.0 Å². The zero-order valence-corrected chi connectivity index (χ0v) is 16.9. The summed E-state index contributed by atoms with van der Waals surface area (Å²) < 4.78 is 28.4. The van der Waals surface area contributed by atoms with Crippen LogP contribution in [0.4, 0.5) is 16.0 Å². The Bertz CT molecular complexity index is 1200. The fourth-order valence-electron chi connectivity index (χ4n) is 3.72. The highest BCUT2D eigenvalue weighted by atomic mass is 19.1. The number of fused-ring (bicyclic) bond motifs is 2. The minimum atomic E-state index is -0.605. The molecule has 4 aromatic rings. The molecule has 1 aromatic carbocycles. The number of ether oxygens (including phenoxy) is 1. The predicted molar refractivity (Wildman–Crippen MR) is 111 cm³/mol. The van der Waals surface area contributed by atoms with Crippen molar-refractivity contribution in [3.63, 3.8) is 0 Å². The van der Waals surface area contributed by atoms with E-state index in [2.05, 4.69) is 25.9 Å². The summed E-state index contributed by atoms with van der Waals surface area (Å²) in [7, 11) is 0. The molecule has 5 rings (SSSR count). The van der Waals surface area contributed by atoms with E-state index >= 15 is 4.39 Å². The van der Waals surface area contributed by atoms with E-state index in [0.29, 0.717) is 17.0 Å². The Morgan fingerprint density at radius 1 is 1.27 bits per heavy atom. The van der Waals surface area contributed by atoms with Crippen LogP contribution in [0.1, 0.15) is 38.2 Å². The molecule has 30 heavy (non-hydrogen) atoms. The van der Waals surface area contributed by atoms with E-state index < -0.39 is 5.82 Å². The van der Waals surface area contributed by atoms with Crippen LogP contribution in [-0.2, 0) is 0 Å². The van der Waals surface area contributed by atoms with Gasteiger partial charge in [-0.3, -0.25) is 0 Å². The lowest BCUT2D eigenvalue weighted by atomic mass is 10.1. The van der Waals surface area contributed by atoms with Crippen molar-refractivity contribution in [2.45, 2.75) is 38.7 Å². The minimum Gasteiger partial charge on any atom is -0.472 e. The number of nitrogens with zero attached hydrogens (tertiary/aromatic N) is 4. The second-order valence-electron chi connectivity index (χ2n) is 7.79. The summed E-state index contributed by atoms with van der Waals surface area (Å²) >= 11 is 0. The fourth-order valence-corrected chi connectivity index (χ4v) is 3.72. The van der Waals surface area contributed by atoms with E-state index in [1.54, 1.807) is 6.20 Å². The van der Waals surface area contributed by atoms with Gasteiger partial charge in [-0.05, 0) is 44.0 Å². The summed E-state index contributed by atoms with van der Waals surface area (Å²) in [6.45, 7) is 5.78. The number of rotatable bonds is 5. The highest BCUT2D eigenvalue weighted by Gasteiger charge is 2.25. The quantitative estimate of drug-likeness (QED) is 0.514. The molecule has 1 fully saturated rings. The van der Waals surface area contributed by atoms with Crippen molar-refractivity contribution in [1.29, 1.82) is 0 Å². The first-order valence-corrected chi connectivity index (χ1v) is 10.2. The van der Waals surface area contributed by atoms with E-state index in [1.165, 1.54) is 4.52 Å². The van der Waals surface area contributed by atoms with Gasteiger partial charge in [0.2, 0.25) is 5.82 Å². The maximum Gasteiger partial charge on any atom is 0.256 e. The first-order valence-electron chi connectivity index (χ1n) is 10.2. The Morgan fingerprint density at radius 2 is 2.07 bits per heavy atom. The van der Waals surface area contributed by atoms with E-state index in [1.807, 2.05) is 38.1 Å². The van der Waals surface area contributed by atoms with E-state index in [4.69, 9.17) is 9.26 Å². The third-order valence-corrected chi connectivity index (χ3v) is 5.39. The molecule has 1 saturated heterocycles. The lowest BCUT2D eigenvalue weighted by Crippen LogP contribution is -2.34. The first kappa shape index (κ1) is 18.8. The number of piperidine rings is 1. The number of benzene rings is 1. The van der Waals surface area contributed by atoms with Gasteiger partial charge in [0.25, 0.3) is 5.88 Å². The monoisotopic (exact) mass is 410 g/mol. The number of nitrogens with one attached hydrogen (secondary N) is 2. The van der Waals surface area contributed by atoms with Crippen LogP contribution < -0.4 is 15.4 Å². The molecule has 0 saturated carbocycles. The summed E-state index contributed by atoms with van der Waals surface area (Å²) in [5.41, 5.74) is 2.09. The maximum absolute atomic E-state index is 15.6. The molecule has 3 aromatic heterocycles. The van der Waals surface area contributed by atoms with Crippen molar-refractivity contribution in [3.05, 3.63) is 41.8 Å². The first-order chi connectivity index (χ1) is 14.6. The molecule has 0 bridgehead atoms. The molecule has 1 aliphatic heterocycles. The predicted octanol–water partition coefficient (Wildman–Crippen LogP) is 4.01. The van der Waals surface area contributed by atoms with Crippen LogP contribution in [0, 0.1) is 5.82 Å². The number of anilines is 2. The van der Waals surface area contributed by atoms with Crippen LogP contribution in [0.2, 0.25) is 0 Å². The molecule has 2 N–H and O–H groups in total. The zero-order valence-electron chi connectivity index (χ0n) is 16.9. The average Bonchev–Trinajstić information content (AvgIpc) is 3.36. The van der Waals surface area contributed by atoms with Crippen LogP contribution in [0.5, 0.6) is 5.88 Å². The Kier molecular flexibility index (Phi) is 4.74. The van der Waals surface area contributed by atoms with Crippen LogP contribution >= 0.6 is 0 Å². The van der Waals surface area contributed by atoms with Gasteiger partial charge in [0.1, 0.15) is 6.10 Å². The van der Waals surface area contributed by atoms with Crippen molar-refractivity contribution < 1.29 is 13.7 Å². The minimum absolute atomic E-state index is 0.0212. The van der Waals surface area contributed by atoms with Gasteiger partial charge in [-0.25, -0.2) is 0 Å². The fraction of sp³-hybridized carbons (Fsp3) is 0.381. The highest BCUT2D eigenvalue weighted by Crippen LogP contribution is 2.33. The summed E-state index contributed by atoms with van der Waals surface area (Å²) in [5, 5.41) is 15.5. The molecule has 9 heteroatoms. The van der Waals surface area contributed by atoms with Crippen molar-refractivity contribution >= 4 is 28.3 Å². The molecule has 0 unspecified atom stereocenters. The van der Waals surface area contributed by atoms with Gasteiger partial charge in [0, 0.05) is 5.56 Å². The Hall–Kier alpha value is -3.20. The number of hydrogen-bond donors (Lipinski definition) is 2. The molecule has 156 valence electrons. The molecule has 0 amide bonds. The Balaban J connectivity index is 1.62. The molecule has 0 radical (unpaired) electrons. The van der Waals surface area contributed by atoms with Crippen molar-refractivity contribution in [3.8, 4) is 5.88 Å². The second kappa shape index (κ2) is 7.56. The summed E-state index contributed by atoms with van der Waals surface area (Å²) in [5.74, 6) is 0.0767. The SMILES string of the molecule is CC(C)c1cnn2c(Nc3noc4ccccc34)c(F)c(OC3CCNCC3)nc12. The van der Waals surface area contributed by atoms with E-state index in [-0.39, 0.29) is 23.7 Å². The number of halogens is 1. The second-order valence-corrected chi connectivity index (χ2v) is 7.79. The molecular formula is C21H23FN6O2. The summed E-state index contributed by atoms with van der Waals surface area (Å²) in [4.78, 5) is 4.50. The zero-order chi connectivity index (χ0) is 20.7. The molecule has 0 spiro atoms. The smallest absolute Gasteiger partial charge is 0.256 e. The van der Waals surface area contributed by atoms with E-state index in [9.17, 15) is 0 Å². The normalized spacial score (nSPS) is 15.3.